The summed E-state index contributed by atoms with van der Waals surface area (Å²) in [6.45, 7) is -0.00343. The quantitative estimate of drug-likeness (QED) is 0.834. The van der Waals surface area contributed by atoms with E-state index in [9.17, 15) is 9.59 Å². The molecule has 1 fully saturated rings. The van der Waals surface area contributed by atoms with E-state index in [4.69, 9.17) is 5.73 Å². The molecule has 4 nitrogen and oxygen atoms in total. The number of rotatable bonds is 5. The fourth-order valence-electron chi connectivity index (χ4n) is 2.88. The number of hydrogen-bond acceptors (Lipinski definition) is 3. The highest BCUT2D eigenvalue weighted by atomic mass is 16.2. The Bertz CT molecular complexity index is 450. The van der Waals surface area contributed by atoms with Crippen LogP contribution in [0.1, 0.15) is 31.2 Å². The molecule has 1 aromatic rings. The van der Waals surface area contributed by atoms with Crippen LogP contribution in [0.3, 0.4) is 0 Å². The van der Waals surface area contributed by atoms with E-state index in [-0.39, 0.29) is 24.8 Å². The summed E-state index contributed by atoms with van der Waals surface area (Å²) < 4.78 is 0. The maximum absolute atomic E-state index is 12.5. The minimum atomic E-state index is -0.414. The van der Waals surface area contributed by atoms with Crippen LogP contribution in [-0.4, -0.2) is 24.8 Å². The van der Waals surface area contributed by atoms with E-state index in [1.54, 1.807) is 0 Å². The Hall–Kier alpha value is -1.68. The predicted octanol–water partition coefficient (Wildman–Crippen LogP) is 1.14. The lowest BCUT2D eigenvalue weighted by Crippen LogP contribution is -2.42. The highest BCUT2D eigenvalue weighted by Crippen LogP contribution is 2.41. The van der Waals surface area contributed by atoms with E-state index >= 15 is 0 Å². The number of hydrogen-bond donors (Lipinski definition) is 2. The average Bonchev–Trinajstić information content (AvgIpc) is 2.96. The second kappa shape index (κ2) is 5.97. The molecule has 0 unspecified atom stereocenters. The molecule has 2 rings (SSSR count). The summed E-state index contributed by atoms with van der Waals surface area (Å²) in [7, 11) is 0. The number of carbonyl (C=O) groups excluding carboxylic acids is 2. The van der Waals surface area contributed by atoms with Crippen molar-refractivity contribution in [2.24, 2.45) is 5.73 Å². The molecule has 19 heavy (non-hydrogen) atoms. The van der Waals surface area contributed by atoms with Crippen molar-refractivity contribution in [1.82, 2.24) is 5.32 Å². The zero-order valence-electron chi connectivity index (χ0n) is 11.0. The normalized spacial score (nSPS) is 17.1. The fourth-order valence-corrected chi connectivity index (χ4v) is 2.88. The van der Waals surface area contributed by atoms with E-state index in [2.05, 4.69) is 5.32 Å². The van der Waals surface area contributed by atoms with Gasteiger partial charge in [-0.3, -0.25) is 9.59 Å². The van der Waals surface area contributed by atoms with Gasteiger partial charge >= 0.3 is 0 Å². The monoisotopic (exact) mass is 260 g/mol. The molecule has 0 atom stereocenters. The smallest absolute Gasteiger partial charge is 0.234 e. The Kier molecular flexibility index (Phi) is 4.32. The van der Waals surface area contributed by atoms with Crippen LogP contribution in [0.5, 0.6) is 0 Å². The van der Waals surface area contributed by atoms with Crippen LogP contribution >= 0.6 is 0 Å². The summed E-state index contributed by atoms with van der Waals surface area (Å²) in [6.07, 6.45) is 3.86. The van der Waals surface area contributed by atoms with Gasteiger partial charge in [-0.15, -0.1) is 0 Å². The average molecular weight is 260 g/mol. The van der Waals surface area contributed by atoms with Crippen molar-refractivity contribution in [3.8, 4) is 0 Å². The Morgan fingerprint density at radius 3 is 2.37 bits per heavy atom. The van der Waals surface area contributed by atoms with Crippen molar-refractivity contribution < 1.29 is 9.59 Å². The first-order valence-corrected chi connectivity index (χ1v) is 6.74. The van der Waals surface area contributed by atoms with Gasteiger partial charge in [-0.05, 0) is 18.4 Å². The first-order valence-electron chi connectivity index (χ1n) is 6.74. The van der Waals surface area contributed by atoms with Crippen molar-refractivity contribution in [2.75, 3.05) is 13.1 Å². The summed E-state index contributed by atoms with van der Waals surface area (Å²) in [6, 6.07) is 9.89. The van der Waals surface area contributed by atoms with Gasteiger partial charge < -0.3 is 11.1 Å². The number of amides is 1. The summed E-state index contributed by atoms with van der Waals surface area (Å²) >= 11 is 0. The van der Waals surface area contributed by atoms with Crippen LogP contribution in [0, 0.1) is 0 Å². The molecule has 0 radical (unpaired) electrons. The van der Waals surface area contributed by atoms with Gasteiger partial charge in [0.2, 0.25) is 5.91 Å². The molecule has 3 N–H and O–H groups in total. The van der Waals surface area contributed by atoms with E-state index in [0.717, 1.165) is 31.2 Å². The zero-order valence-corrected chi connectivity index (χ0v) is 11.0. The number of benzene rings is 1. The van der Waals surface area contributed by atoms with Crippen LogP contribution < -0.4 is 11.1 Å². The molecule has 1 aliphatic rings. The van der Waals surface area contributed by atoms with Crippen LogP contribution in [0.25, 0.3) is 0 Å². The molecule has 0 heterocycles. The lowest BCUT2D eigenvalue weighted by Gasteiger charge is -2.28. The molecule has 0 spiro atoms. The molecular formula is C15H20N2O2. The minimum absolute atomic E-state index is 0.0743. The van der Waals surface area contributed by atoms with Gasteiger partial charge in [0.1, 0.15) is 0 Å². The van der Waals surface area contributed by atoms with E-state index in [1.165, 1.54) is 0 Å². The molecule has 102 valence electrons. The summed E-state index contributed by atoms with van der Waals surface area (Å²) in [4.78, 5) is 23.7. The van der Waals surface area contributed by atoms with E-state index in [0.29, 0.717) is 0 Å². The van der Waals surface area contributed by atoms with Gasteiger partial charge in [0.15, 0.2) is 5.78 Å². The maximum Gasteiger partial charge on any atom is 0.234 e. The van der Waals surface area contributed by atoms with Crippen molar-refractivity contribution in [3.05, 3.63) is 35.9 Å². The van der Waals surface area contributed by atoms with Gasteiger partial charge in [-0.25, -0.2) is 0 Å². The van der Waals surface area contributed by atoms with Crippen molar-refractivity contribution >= 4 is 11.7 Å². The highest BCUT2D eigenvalue weighted by molar-refractivity contribution is 5.94. The summed E-state index contributed by atoms with van der Waals surface area (Å²) in [5.74, 6) is -0.187. The molecule has 0 aromatic heterocycles. The molecule has 1 aliphatic carbocycles. The summed E-state index contributed by atoms with van der Waals surface area (Å²) in [5, 5.41) is 2.59. The second-order valence-corrected chi connectivity index (χ2v) is 5.06. The Morgan fingerprint density at radius 1 is 1.16 bits per heavy atom. The van der Waals surface area contributed by atoms with Gasteiger partial charge in [-0.1, -0.05) is 43.2 Å². The van der Waals surface area contributed by atoms with Gasteiger partial charge in [0.05, 0.1) is 18.5 Å². The number of nitrogens with two attached hydrogens (primary N) is 1. The van der Waals surface area contributed by atoms with Crippen LogP contribution in [0.2, 0.25) is 0 Å². The maximum atomic E-state index is 12.5. The Labute approximate surface area is 113 Å². The lowest BCUT2D eigenvalue weighted by atomic mass is 9.75. The van der Waals surface area contributed by atoms with Crippen molar-refractivity contribution in [3.63, 3.8) is 0 Å². The van der Waals surface area contributed by atoms with Crippen molar-refractivity contribution in [1.29, 1.82) is 0 Å². The molecule has 1 saturated carbocycles. The number of carbonyl (C=O) groups is 2. The standard InChI is InChI=1S/C15H20N2O2/c16-10-14(19)17-11-13(18)15(8-4-5-9-15)12-6-2-1-3-7-12/h1-3,6-7H,4-5,8-11,16H2,(H,17,19). The largest absolute Gasteiger partial charge is 0.348 e. The lowest BCUT2D eigenvalue weighted by molar-refractivity contribution is -0.127. The SMILES string of the molecule is NCC(=O)NCC(=O)C1(c2ccccc2)CCCC1. The molecule has 1 amide bonds. The van der Waals surface area contributed by atoms with Gasteiger partial charge in [0, 0.05) is 0 Å². The van der Waals surface area contributed by atoms with Crippen LogP contribution in [-0.2, 0) is 15.0 Å². The van der Waals surface area contributed by atoms with E-state index < -0.39 is 5.41 Å². The first kappa shape index (κ1) is 13.7. The topological polar surface area (TPSA) is 72.2 Å². The third-order valence-electron chi connectivity index (χ3n) is 3.95. The van der Waals surface area contributed by atoms with Gasteiger partial charge in [0.25, 0.3) is 0 Å². The van der Waals surface area contributed by atoms with Crippen LogP contribution in [0.15, 0.2) is 30.3 Å². The molecule has 4 heteroatoms. The van der Waals surface area contributed by atoms with Gasteiger partial charge in [-0.2, -0.15) is 0 Å². The highest BCUT2D eigenvalue weighted by Gasteiger charge is 2.41. The minimum Gasteiger partial charge on any atom is -0.348 e. The fraction of sp³-hybridized carbons (Fsp3) is 0.467. The molecule has 0 saturated heterocycles. The third kappa shape index (κ3) is 2.84. The van der Waals surface area contributed by atoms with Crippen LogP contribution in [0.4, 0.5) is 0 Å². The first-order chi connectivity index (χ1) is 9.19. The third-order valence-corrected chi connectivity index (χ3v) is 3.95. The Morgan fingerprint density at radius 2 is 1.79 bits per heavy atom. The molecule has 0 aliphatic heterocycles. The molecule has 1 aromatic carbocycles. The molecular weight excluding hydrogens is 240 g/mol. The molecule has 0 bridgehead atoms. The number of ketones is 1. The number of nitrogens with one attached hydrogen (secondary N) is 1. The van der Waals surface area contributed by atoms with Crippen molar-refractivity contribution in [2.45, 2.75) is 31.1 Å². The number of Topliss-reactive ketones (excluding diaryl/α,β-unsaturated/α-hetero) is 1. The second-order valence-electron chi connectivity index (χ2n) is 5.06. The summed E-state index contributed by atoms with van der Waals surface area (Å²) in [5.41, 5.74) is 5.89. The zero-order chi connectivity index (χ0) is 13.7. The predicted molar refractivity (Wildman–Crippen MR) is 73.7 cm³/mol. The van der Waals surface area contributed by atoms with E-state index in [1.807, 2.05) is 30.3 Å². The Balaban J connectivity index is 2.16.